The van der Waals surface area contributed by atoms with Gasteiger partial charge in [-0.05, 0) is 32.2 Å². The highest BCUT2D eigenvalue weighted by Gasteiger charge is 2.25. The number of aryl methyl sites for hydroxylation is 1. The second-order valence-electron chi connectivity index (χ2n) is 5.50. The van der Waals surface area contributed by atoms with Crippen molar-refractivity contribution in [2.45, 2.75) is 46.2 Å². The average molecular weight is 251 g/mol. The van der Waals surface area contributed by atoms with Gasteiger partial charge in [0.15, 0.2) is 5.76 Å². The monoisotopic (exact) mass is 251 g/mol. The molecule has 0 amide bonds. The molecule has 102 valence electrons. The Balaban J connectivity index is 1.80. The largest absolute Gasteiger partial charge is 0.360 e. The predicted molar refractivity (Wildman–Crippen MR) is 72.4 cm³/mol. The summed E-state index contributed by atoms with van der Waals surface area (Å²) in [6, 6.07) is 2.71. The van der Waals surface area contributed by atoms with Gasteiger partial charge >= 0.3 is 0 Å². The Morgan fingerprint density at radius 3 is 3.00 bits per heavy atom. The number of nitrogens with one attached hydrogen (secondary N) is 1. The van der Waals surface area contributed by atoms with Crippen LogP contribution in [0.25, 0.3) is 0 Å². The first-order valence-corrected chi connectivity index (χ1v) is 7.07. The van der Waals surface area contributed by atoms with Gasteiger partial charge in [0.25, 0.3) is 0 Å². The van der Waals surface area contributed by atoms with Crippen LogP contribution in [0.5, 0.6) is 0 Å². The molecule has 0 radical (unpaired) electrons. The van der Waals surface area contributed by atoms with Gasteiger partial charge < -0.3 is 9.84 Å². The van der Waals surface area contributed by atoms with Gasteiger partial charge in [0.05, 0.1) is 12.2 Å². The summed E-state index contributed by atoms with van der Waals surface area (Å²) in [5.41, 5.74) is 0.970. The summed E-state index contributed by atoms with van der Waals surface area (Å²) in [5, 5.41) is 7.59. The molecular formula is C14H25N3O. The van der Waals surface area contributed by atoms with E-state index in [0.29, 0.717) is 12.0 Å². The third kappa shape index (κ3) is 3.56. The van der Waals surface area contributed by atoms with Crippen molar-refractivity contribution in [3.63, 3.8) is 0 Å². The van der Waals surface area contributed by atoms with E-state index in [-0.39, 0.29) is 0 Å². The molecule has 2 atom stereocenters. The van der Waals surface area contributed by atoms with Gasteiger partial charge in [-0.3, -0.25) is 4.90 Å². The van der Waals surface area contributed by atoms with Crippen molar-refractivity contribution in [1.29, 1.82) is 0 Å². The lowest BCUT2D eigenvalue weighted by Gasteiger charge is -2.36. The molecule has 1 fully saturated rings. The number of aromatic nitrogens is 1. The van der Waals surface area contributed by atoms with Crippen LogP contribution in [0.3, 0.4) is 0 Å². The molecule has 18 heavy (non-hydrogen) atoms. The molecule has 0 spiro atoms. The molecule has 2 unspecified atom stereocenters. The van der Waals surface area contributed by atoms with Crippen LogP contribution in [0.2, 0.25) is 0 Å². The van der Waals surface area contributed by atoms with E-state index in [9.17, 15) is 0 Å². The predicted octanol–water partition coefficient (Wildman–Crippen LogP) is 2.19. The zero-order chi connectivity index (χ0) is 13.0. The molecule has 1 aliphatic heterocycles. The highest BCUT2D eigenvalue weighted by atomic mass is 16.5. The molecule has 1 aromatic heterocycles. The molecule has 0 aliphatic carbocycles. The van der Waals surface area contributed by atoms with Crippen LogP contribution in [0.4, 0.5) is 0 Å². The maximum atomic E-state index is 5.29. The summed E-state index contributed by atoms with van der Waals surface area (Å²) in [4.78, 5) is 2.47. The fourth-order valence-electron chi connectivity index (χ4n) is 2.72. The number of hydrogen-bond donors (Lipinski definition) is 1. The minimum atomic E-state index is 0.678. The Kier molecular flexibility index (Phi) is 4.78. The quantitative estimate of drug-likeness (QED) is 0.871. The van der Waals surface area contributed by atoms with Crippen molar-refractivity contribution < 1.29 is 4.52 Å². The van der Waals surface area contributed by atoms with Crippen molar-refractivity contribution in [1.82, 2.24) is 15.4 Å². The molecule has 4 nitrogen and oxygen atoms in total. The van der Waals surface area contributed by atoms with Gasteiger partial charge in [-0.25, -0.2) is 0 Å². The maximum Gasteiger partial charge on any atom is 0.150 e. The third-order valence-corrected chi connectivity index (χ3v) is 3.70. The molecule has 1 N–H and O–H groups in total. The summed E-state index contributed by atoms with van der Waals surface area (Å²) in [6.07, 6.45) is 2.44. The smallest absolute Gasteiger partial charge is 0.150 e. The first kappa shape index (κ1) is 13.6. The van der Waals surface area contributed by atoms with Crippen LogP contribution < -0.4 is 5.32 Å². The summed E-state index contributed by atoms with van der Waals surface area (Å²) in [7, 11) is 0. The van der Waals surface area contributed by atoms with Crippen molar-refractivity contribution in [3.05, 3.63) is 17.5 Å². The zero-order valence-electron chi connectivity index (χ0n) is 11.8. The van der Waals surface area contributed by atoms with Gasteiger partial charge in [-0.1, -0.05) is 19.0 Å². The summed E-state index contributed by atoms with van der Waals surface area (Å²) in [6.45, 7) is 10.8. The SMILES string of the molecule is CCCNC1CCN(Cc2cc(C)no2)CC1C. The molecule has 2 rings (SSSR count). The Morgan fingerprint density at radius 2 is 2.39 bits per heavy atom. The highest BCUT2D eigenvalue weighted by molar-refractivity contribution is 5.03. The fraction of sp³-hybridized carbons (Fsp3) is 0.786. The van der Waals surface area contributed by atoms with Gasteiger partial charge in [-0.2, -0.15) is 0 Å². The molecule has 1 aliphatic rings. The average Bonchev–Trinajstić information content (AvgIpc) is 2.74. The molecule has 2 heterocycles. The number of nitrogens with zero attached hydrogens (tertiary/aromatic N) is 2. The van der Waals surface area contributed by atoms with Crippen LogP contribution in [0.15, 0.2) is 10.6 Å². The van der Waals surface area contributed by atoms with Crippen molar-refractivity contribution >= 4 is 0 Å². The molecular weight excluding hydrogens is 226 g/mol. The Hall–Kier alpha value is -0.870. The standard InChI is InChI=1S/C14H25N3O/c1-4-6-15-14-5-7-17(9-11(14)2)10-13-8-12(3)16-18-13/h8,11,14-15H,4-7,9-10H2,1-3H3. The summed E-state index contributed by atoms with van der Waals surface area (Å²) < 4.78 is 5.29. The number of piperidine rings is 1. The van der Waals surface area contributed by atoms with Crippen LogP contribution in [0, 0.1) is 12.8 Å². The van der Waals surface area contributed by atoms with E-state index in [2.05, 4.69) is 29.2 Å². The second-order valence-corrected chi connectivity index (χ2v) is 5.50. The third-order valence-electron chi connectivity index (χ3n) is 3.70. The normalized spacial score (nSPS) is 25.5. The lowest BCUT2D eigenvalue weighted by Crippen LogP contribution is -2.48. The Labute approximate surface area is 110 Å². The molecule has 0 saturated carbocycles. The molecule has 4 heteroatoms. The lowest BCUT2D eigenvalue weighted by molar-refractivity contribution is 0.130. The van der Waals surface area contributed by atoms with E-state index in [1.807, 2.05) is 13.0 Å². The topological polar surface area (TPSA) is 41.3 Å². The van der Waals surface area contributed by atoms with E-state index in [1.54, 1.807) is 0 Å². The van der Waals surface area contributed by atoms with Gasteiger partial charge in [-0.15, -0.1) is 0 Å². The zero-order valence-corrected chi connectivity index (χ0v) is 11.8. The summed E-state index contributed by atoms with van der Waals surface area (Å²) in [5.74, 6) is 1.69. The Morgan fingerprint density at radius 1 is 1.56 bits per heavy atom. The second kappa shape index (κ2) is 6.34. The van der Waals surface area contributed by atoms with Gasteiger partial charge in [0.2, 0.25) is 0 Å². The van der Waals surface area contributed by atoms with Crippen LogP contribution >= 0.6 is 0 Å². The fourth-order valence-corrected chi connectivity index (χ4v) is 2.72. The number of rotatable bonds is 5. The first-order valence-electron chi connectivity index (χ1n) is 7.07. The van der Waals surface area contributed by atoms with Crippen LogP contribution in [-0.2, 0) is 6.54 Å². The van der Waals surface area contributed by atoms with Crippen molar-refractivity contribution in [2.24, 2.45) is 5.92 Å². The molecule has 1 aromatic rings. The highest BCUT2D eigenvalue weighted by Crippen LogP contribution is 2.19. The Bertz CT molecular complexity index is 364. The van der Waals surface area contributed by atoms with E-state index < -0.39 is 0 Å². The van der Waals surface area contributed by atoms with E-state index in [0.717, 1.165) is 37.6 Å². The minimum Gasteiger partial charge on any atom is -0.360 e. The molecule has 0 aromatic carbocycles. The number of likely N-dealkylation sites (tertiary alicyclic amines) is 1. The number of hydrogen-bond acceptors (Lipinski definition) is 4. The van der Waals surface area contributed by atoms with E-state index in [4.69, 9.17) is 4.52 Å². The van der Waals surface area contributed by atoms with E-state index in [1.165, 1.54) is 12.8 Å². The molecule has 1 saturated heterocycles. The van der Waals surface area contributed by atoms with E-state index >= 15 is 0 Å². The minimum absolute atomic E-state index is 0.678. The molecule has 0 bridgehead atoms. The van der Waals surface area contributed by atoms with Crippen LogP contribution in [0.1, 0.15) is 38.1 Å². The van der Waals surface area contributed by atoms with Gasteiger partial charge in [0, 0.05) is 25.2 Å². The van der Waals surface area contributed by atoms with Crippen molar-refractivity contribution in [2.75, 3.05) is 19.6 Å². The first-order chi connectivity index (χ1) is 8.69. The van der Waals surface area contributed by atoms with Crippen LogP contribution in [-0.4, -0.2) is 35.7 Å². The van der Waals surface area contributed by atoms with Crippen molar-refractivity contribution in [3.8, 4) is 0 Å². The maximum absolute atomic E-state index is 5.29. The van der Waals surface area contributed by atoms with Gasteiger partial charge in [0.1, 0.15) is 0 Å². The lowest BCUT2D eigenvalue weighted by atomic mass is 9.93. The summed E-state index contributed by atoms with van der Waals surface area (Å²) >= 11 is 0.